The lowest BCUT2D eigenvalue weighted by molar-refractivity contribution is -0.137. The van der Waals surface area contributed by atoms with Crippen LogP contribution in [0.4, 0.5) is 0 Å². The molecule has 0 radical (unpaired) electrons. The molecule has 0 atom stereocenters. The van der Waals surface area contributed by atoms with Crippen molar-refractivity contribution < 1.29 is 9.59 Å². The molecule has 0 spiro atoms. The van der Waals surface area contributed by atoms with Crippen molar-refractivity contribution in [2.24, 2.45) is 5.92 Å². The fourth-order valence-corrected chi connectivity index (χ4v) is 4.67. The van der Waals surface area contributed by atoms with Crippen molar-refractivity contribution in [3.8, 4) is 5.69 Å². The Bertz CT molecular complexity index is 888. The van der Waals surface area contributed by atoms with Gasteiger partial charge in [-0.15, -0.1) is 0 Å². The third kappa shape index (κ3) is 4.13. The molecule has 0 unspecified atom stereocenters. The van der Waals surface area contributed by atoms with Gasteiger partial charge < -0.3 is 9.80 Å². The second-order valence-corrected chi connectivity index (χ2v) is 8.56. The molecule has 160 valence electrons. The Kier molecular flexibility index (Phi) is 6.21. The van der Waals surface area contributed by atoms with Crippen molar-refractivity contribution in [1.82, 2.24) is 19.6 Å². The average molecular weight is 409 g/mol. The van der Waals surface area contributed by atoms with Gasteiger partial charge in [0, 0.05) is 32.1 Å². The zero-order chi connectivity index (χ0) is 21.1. The maximum absolute atomic E-state index is 13.2. The minimum Gasteiger partial charge on any atom is -0.342 e. The molecular weight excluding hydrogens is 376 g/mol. The molecule has 2 fully saturated rings. The lowest BCUT2D eigenvalue weighted by Crippen LogP contribution is -2.45. The van der Waals surface area contributed by atoms with E-state index in [0.29, 0.717) is 24.6 Å². The maximum Gasteiger partial charge on any atom is 0.257 e. The number of benzene rings is 1. The minimum atomic E-state index is 0.0362. The van der Waals surface area contributed by atoms with Crippen LogP contribution < -0.4 is 0 Å². The predicted octanol–water partition coefficient (Wildman–Crippen LogP) is 3.61. The molecule has 2 amide bonds. The molecule has 6 heteroatoms. The van der Waals surface area contributed by atoms with Crippen LogP contribution in [0.2, 0.25) is 0 Å². The molecule has 0 saturated carbocycles. The molecule has 1 aromatic heterocycles. The van der Waals surface area contributed by atoms with Gasteiger partial charge in [-0.1, -0.05) is 24.6 Å². The first-order chi connectivity index (χ1) is 14.6. The first-order valence-electron chi connectivity index (χ1n) is 11.3. The molecule has 2 aliphatic heterocycles. The van der Waals surface area contributed by atoms with E-state index in [0.717, 1.165) is 56.6 Å². The highest BCUT2D eigenvalue weighted by atomic mass is 16.2. The van der Waals surface area contributed by atoms with Crippen LogP contribution >= 0.6 is 0 Å². The molecule has 0 bridgehead atoms. The Hall–Kier alpha value is -2.63. The van der Waals surface area contributed by atoms with Crippen LogP contribution in [0, 0.1) is 12.8 Å². The highest BCUT2D eigenvalue weighted by Crippen LogP contribution is 2.24. The second kappa shape index (κ2) is 9.02. The predicted molar refractivity (Wildman–Crippen MR) is 117 cm³/mol. The number of rotatable bonds is 4. The van der Waals surface area contributed by atoms with E-state index in [1.165, 1.54) is 12.0 Å². The van der Waals surface area contributed by atoms with Crippen molar-refractivity contribution in [2.75, 3.05) is 26.2 Å². The summed E-state index contributed by atoms with van der Waals surface area (Å²) in [6.45, 7) is 7.19. The van der Waals surface area contributed by atoms with Gasteiger partial charge in [0.25, 0.3) is 5.91 Å². The Balaban J connectivity index is 1.43. The maximum atomic E-state index is 13.2. The van der Waals surface area contributed by atoms with Crippen molar-refractivity contribution in [3.05, 3.63) is 47.3 Å². The highest BCUT2D eigenvalue weighted by Gasteiger charge is 2.32. The number of aromatic nitrogens is 2. The summed E-state index contributed by atoms with van der Waals surface area (Å²) >= 11 is 0. The summed E-state index contributed by atoms with van der Waals surface area (Å²) in [6, 6.07) is 8.19. The Labute approximate surface area is 178 Å². The number of amides is 2. The summed E-state index contributed by atoms with van der Waals surface area (Å²) in [5, 5.41) is 4.52. The smallest absolute Gasteiger partial charge is 0.257 e. The molecule has 0 aliphatic carbocycles. The first kappa shape index (κ1) is 20.6. The van der Waals surface area contributed by atoms with E-state index in [2.05, 4.69) is 31.1 Å². The summed E-state index contributed by atoms with van der Waals surface area (Å²) in [6.07, 6.45) is 7.42. The number of hydrogen-bond acceptors (Lipinski definition) is 3. The molecule has 4 rings (SSSR count). The van der Waals surface area contributed by atoms with Crippen LogP contribution in [0.3, 0.4) is 0 Å². The van der Waals surface area contributed by atoms with Gasteiger partial charge in [0.2, 0.25) is 5.91 Å². The van der Waals surface area contributed by atoms with Crippen LogP contribution in [-0.2, 0) is 11.2 Å². The van der Waals surface area contributed by atoms with E-state index in [9.17, 15) is 9.59 Å². The Morgan fingerprint density at radius 1 is 0.967 bits per heavy atom. The summed E-state index contributed by atoms with van der Waals surface area (Å²) in [5.41, 5.74) is 3.79. The van der Waals surface area contributed by atoms with Crippen LogP contribution in [0.15, 0.2) is 30.5 Å². The molecule has 6 nitrogen and oxygen atoms in total. The summed E-state index contributed by atoms with van der Waals surface area (Å²) in [5.74, 6) is 0.394. The summed E-state index contributed by atoms with van der Waals surface area (Å²) in [4.78, 5) is 30.0. The molecule has 2 aliphatic rings. The highest BCUT2D eigenvalue weighted by molar-refractivity contribution is 5.95. The fourth-order valence-electron chi connectivity index (χ4n) is 4.67. The number of carbonyl (C=O) groups is 2. The standard InChI is InChI=1S/C24H32N4O2/c1-3-22-21(17-25-28(22)20-9-7-18(2)8-10-20)24(30)27-15-11-19(12-16-27)23(29)26-13-5-4-6-14-26/h7-10,17,19H,3-6,11-16H2,1-2H3. The number of carbonyl (C=O) groups excluding carboxylic acids is 2. The van der Waals surface area contributed by atoms with Crippen LogP contribution in [0.25, 0.3) is 5.69 Å². The van der Waals surface area contributed by atoms with Gasteiger partial charge in [0.05, 0.1) is 23.1 Å². The van der Waals surface area contributed by atoms with Gasteiger partial charge in [-0.25, -0.2) is 4.68 Å². The van der Waals surface area contributed by atoms with Crippen LogP contribution in [0.5, 0.6) is 0 Å². The van der Waals surface area contributed by atoms with Crippen LogP contribution in [-0.4, -0.2) is 57.6 Å². The van der Waals surface area contributed by atoms with E-state index in [4.69, 9.17) is 0 Å². The second-order valence-electron chi connectivity index (χ2n) is 8.56. The number of likely N-dealkylation sites (tertiary alicyclic amines) is 2. The number of piperidine rings is 2. The number of aryl methyl sites for hydroxylation is 1. The third-order valence-electron chi connectivity index (χ3n) is 6.51. The lowest BCUT2D eigenvalue weighted by atomic mass is 9.94. The zero-order valence-electron chi connectivity index (χ0n) is 18.1. The molecule has 30 heavy (non-hydrogen) atoms. The van der Waals surface area contributed by atoms with Gasteiger partial charge in [0.1, 0.15) is 0 Å². The third-order valence-corrected chi connectivity index (χ3v) is 6.51. The van der Waals surface area contributed by atoms with E-state index in [1.54, 1.807) is 6.20 Å². The number of hydrogen-bond donors (Lipinski definition) is 0. The average Bonchev–Trinajstić information content (AvgIpc) is 3.23. The molecule has 2 aromatic rings. The molecule has 3 heterocycles. The van der Waals surface area contributed by atoms with E-state index in [-0.39, 0.29) is 11.8 Å². The molecule has 1 aromatic carbocycles. The van der Waals surface area contributed by atoms with Gasteiger partial charge in [-0.05, 0) is 57.6 Å². The Morgan fingerprint density at radius 2 is 1.63 bits per heavy atom. The number of nitrogens with zero attached hydrogens (tertiary/aromatic N) is 4. The minimum absolute atomic E-state index is 0.0362. The van der Waals surface area contributed by atoms with E-state index >= 15 is 0 Å². The Morgan fingerprint density at radius 3 is 2.27 bits per heavy atom. The van der Waals surface area contributed by atoms with Gasteiger partial charge >= 0.3 is 0 Å². The summed E-state index contributed by atoms with van der Waals surface area (Å²) in [7, 11) is 0. The van der Waals surface area contributed by atoms with Gasteiger partial charge in [-0.3, -0.25) is 9.59 Å². The van der Waals surface area contributed by atoms with Crippen LogP contribution in [0.1, 0.15) is 60.6 Å². The van der Waals surface area contributed by atoms with E-state index < -0.39 is 0 Å². The molecular formula is C24H32N4O2. The first-order valence-corrected chi connectivity index (χ1v) is 11.3. The molecule has 2 saturated heterocycles. The van der Waals surface area contributed by atoms with E-state index in [1.807, 2.05) is 26.6 Å². The fraction of sp³-hybridized carbons (Fsp3) is 0.542. The monoisotopic (exact) mass is 408 g/mol. The summed E-state index contributed by atoms with van der Waals surface area (Å²) < 4.78 is 1.87. The van der Waals surface area contributed by atoms with Gasteiger partial charge in [0.15, 0.2) is 0 Å². The SMILES string of the molecule is CCc1c(C(=O)N2CCC(C(=O)N3CCCCC3)CC2)cnn1-c1ccc(C)cc1. The topological polar surface area (TPSA) is 58.4 Å². The van der Waals surface area contributed by atoms with Crippen molar-refractivity contribution in [2.45, 2.75) is 52.4 Å². The zero-order valence-corrected chi connectivity index (χ0v) is 18.1. The van der Waals surface area contributed by atoms with Gasteiger partial charge in [-0.2, -0.15) is 5.10 Å². The van der Waals surface area contributed by atoms with Crippen molar-refractivity contribution in [3.63, 3.8) is 0 Å². The quantitative estimate of drug-likeness (QED) is 0.777. The normalized spacial score (nSPS) is 17.9. The van der Waals surface area contributed by atoms with Crippen molar-refractivity contribution >= 4 is 11.8 Å². The lowest BCUT2D eigenvalue weighted by Gasteiger charge is -2.35. The largest absolute Gasteiger partial charge is 0.342 e. The van der Waals surface area contributed by atoms with Crippen molar-refractivity contribution in [1.29, 1.82) is 0 Å². The molecule has 0 N–H and O–H groups in total.